The molecule has 0 saturated carbocycles. The third-order valence-electron chi connectivity index (χ3n) is 2.13. The van der Waals surface area contributed by atoms with Crippen LogP contribution in [0.5, 0.6) is 0 Å². The van der Waals surface area contributed by atoms with E-state index in [1.54, 1.807) is 6.92 Å². The first-order valence-electron chi connectivity index (χ1n) is 5.31. The Hall–Kier alpha value is -1.85. The molecule has 0 unspecified atom stereocenters. The van der Waals surface area contributed by atoms with Crippen molar-refractivity contribution in [2.24, 2.45) is 0 Å². The molecule has 0 N–H and O–H groups in total. The first kappa shape index (κ1) is 14.2. The zero-order valence-corrected chi connectivity index (χ0v) is 9.63. The first-order chi connectivity index (χ1) is 8.45. The summed E-state index contributed by atoms with van der Waals surface area (Å²) in [4.78, 5) is 22.2. The van der Waals surface area contributed by atoms with Crippen molar-refractivity contribution in [3.05, 3.63) is 35.1 Å². The van der Waals surface area contributed by atoms with E-state index >= 15 is 0 Å². The summed E-state index contributed by atoms with van der Waals surface area (Å²) < 4.78 is 43.0. The largest absolute Gasteiger partial charge is 0.393 e. The van der Waals surface area contributed by atoms with Gasteiger partial charge >= 0.3 is 11.9 Å². The van der Waals surface area contributed by atoms with Crippen LogP contribution < -0.4 is 0 Å². The van der Waals surface area contributed by atoms with Gasteiger partial charge in [-0.05, 0) is 12.5 Å². The van der Waals surface area contributed by atoms with E-state index in [1.807, 2.05) is 0 Å². The quantitative estimate of drug-likeness (QED) is 0.474. The molecule has 1 rings (SSSR count). The smallest absolute Gasteiger partial charge is 0.318 e. The van der Waals surface area contributed by atoms with Gasteiger partial charge in [-0.3, -0.25) is 9.59 Å². The van der Waals surface area contributed by atoms with Gasteiger partial charge in [-0.25, -0.2) is 13.2 Å². The molecule has 0 spiro atoms. The van der Waals surface area contributed by atoms with Crippen molar-refractivity contribution >= 4 is 11.9 Å². The summed E-state index contributed by atoms with van der Waals surface area (Å²) in [6, 6.07) is 1.63. The lowest BCUT2D eigenvalue weighted by Gasteiger charge is -2.04. The van der Waals surface area contributed by atoms with Crippen LogP contribution in [-0.2, 0) is 20.7 Å². The van der Waals surface area contributed by atoms with E-state index in [2.05, 4.69) is 4.74 Å². The van der Waals surface area contributed by atoms with E-state index in [-0.39, 0.29) is 12.0 Å². The second-order valence-electron chi connectivity index (χ2n) is 3.61. The second kappa shape index (κ2) is 6.18. The Bertz CT molecular complexity index is 472. The zero-order valence-electron chi connectivity index (χ0n) is 9.63. The Morgan fingerprint density at radius 3 is 2.39 bits per heavy atom. The topological polar surface area (TPSA) is 43.4 Å². The predicted molar refractivity (Wildman–Crippen MR) is 56.0 cm³/mol. The zero-order chi connectivity index (χ0) is 13.7. The van der Waals surface area contributed by atoms with Crippen molar-refractivity contribution in [3.8, 4) is 0 Å². The number of benzene rings is 1. The minimum Gasteiger partial charge on any atom is -0.393 e. The van der Waals surface area contributed by atoms with Crippen LogP contribution >= 0.6 is 0 Å². The molecule has 0 atom stereocenters. The minimum atomic E-state index is -1.65. The summed E-state index contributed by atoms with van der Waals surface area (Å²) >= 11 is 0. The van der Waals surface area contributed by atoms with Crippen LogP contribution in [0.3, 0.4) is 0 Å². The van der Waals surface area contributed by atoms with E-state index in [4.69, 9.17) is 0 Å². The highest BCUT2D eigenvalue weighted by Gasteiger charge is 2.17. The standard InChI is InChI=1S/C12H11F3O3/c1-2-3-9(16)18-10(17)6-7-4-5-8(13)12(15)11(7)14/h4-5H,2-3,6H2,1H3. The van der Waals surface area contributed by atoms with Crippen molar-refractivity contribution in [1.29, 1.82) is 0 Å². The fourth-order valence-corrected chi connectivity index (χ4v) is 1.28. The molecule has 0 aliphatic carbocycles. The maximum absolute atomic E-state index is 13.2. The van der Waals surface area contributed by atoms with Crippen molar-refractivity contribution in [1.82, 2.24) is 0 Å². The number of carbonyl (C=O) groups is 2. The lowest BCUT2D eigenvalue weighted by molar-refractivity contribution is -0.159. The fourth-order valence-electron chi connectivity index (χ4n) is 1.28. The van der Waals surface area contributed by atoms with E-state index in [9.17, 15) is 22.8 Å². The minimum absolute atomic E-state index is 0.0615. The van der Waals surface area contributed by atoms with Crippen LogP contribution in [0.25, 0.3) is 0 Å². The first-order valence-corrected chi connectivity index (χ1v) is 5.31. The van der Waals surface area contributed by atoms with E-state index in [0.29, 0.717) is 12.5 Å². The highest BCUT2D eigenvalue weighted by Crippen LogP contribution is 2.16. The lowest BCUT2D eigenvalue weighted by atomic mass is 10.1. The molecule has 18 heavy (non-hydrogen) atoms. The molecular formula is C12H11F3O3. The molecule has 0 aromatic heterocycles. The average Bonchev–Trinajstić information content (AvgIpc) is 2.30. The second-order valence-corrected chi connectivity index (χ2v) is 3.61. The van der Waals surface area contributed by atoms with E-state index < -0.39 is 35.8 Å². The van der Waals surface area contributed by atoms with Crippen molar-refractivity contribution in [3.63, 3.8) is 0 Å². The third kappa shape index (κ3) is 3.58. The molecule has 0 radical (unpaired) electrons. The summed E-state index contributed by atoms with van der Waals surface area (Å²) in [5, 5.41) is 0. The number of hydrogen-bond donors (Lipinski definition) is 0. The van der Waals surface area contributed by atoms with Gasteiger partial charge in [0.15, 0.2) is 17.5 Å². The maximum atomic E-state index is 13.2. The van der Waals surface area contributed by atoms with Gasteiger partial charge in [-0.1, -0.05) is 13.0 Å². The Balaban J connectivity index is 2.71. The molecule has 3 nitrogen and oxygen atoms in total. The molecule has 0 amide bonds. The molecule has 0 heterocycles. The van der Waals surface area contributed by atoms with Gasteiger partial charge in [-0.15, -0.1) is 0 Å². The summed E-state index contributed by atoms with van der Waals surface area (Å²) in [5.41, 5.74) is -0.358. The van der Waals surface area contributed by atoms with Gasteiger partial charge in [0.2, 0.25) is 0 Å². The summed E-state index contributed by atoms with van der Waals surface area (Å²) in [7, 11) is 0. The number of ether oxygens (including phenoxy) is 1. The lowest BCUT2D eigenvalue weighted by Crippen LogP contribution is -2.15. The Morgan fingerprint density at radius 2 is 1.78 bits per heavy atom. The van der Waals surface area contributed by atoms with Gasteiger partial charge in [0.05, 0.1) is 6.42 Å². The molecule has 1 aromatic rings. The van der Waals surface area contributed by atoms with Crippen LogP contribution in [-0.4, -0.2) is 11.9 Å². The Morgan fingerprint density at radius 1 is 1.11 bits per heavy atom. The molecule has 0 fully saturated rings. The molecule has 98 valence electrons. The van der Waals surface area contributed by atoms with Crippen LogP contribution in [0.2, 0.25) is 0 Å². The number of halogens is 3. The van der Waals surface area contributed by atoms with E-state index in [1.165, 1.54) is 0 Å². The van der Waals surface area contributed by atoms with Gasteiger partial charge in [0, 0.05) is 12.0 Å². The van der Waals surface area contributed by atoms with Crippen LogP contribution in [0.15, 0.2) is 12.1 Å². The normalized spacial score (nSPS) is 10.2. The van der Waals surface area contributed by atoms with Gasteiger partial charge in [0.25, 0.3) is 0 Å². The maximum Gasteiger partial charge on any atom is 0.318 e. The average molecular weight is 260 g/mol. The van der Waals surface area contributed by atoms with Crippen LogP contribution in [0.4, 0.5) is 13.2 Å². The van der Waals surface area contributed by atoms with Crippen LogP contribution in [0.1, 0.15) is 25.3 Å². The molecule has 1 aromatic carbocycles. The fraction of sp³-hybridized carbons (Fsp3) is 0.333. The third-order valence-corrected chi connectivity index (χ3v) is 2.13. The molecule has 0 aliphatic heterocycles. The summed E-state index contributed by atoms with van der Waals surface area (Å²) in [5.74, 6) is -6.18. The number of hydrogen-bond acceptors (Lipinski definition) is 3. The van der Waals surface area contributed by atoms with Crippen molar-refractivity contribution in [2.75, 3.05) is 0 Å². The Labute approximate surface area is 102 Å². The van der Waals surface area contributed by atoms with E-state index in [0.717, 1.165) is 6.07 Å². The Kier molecular flexibility index (Phi) is 4.88. The SMILES string of the molecule is CCCC(=O)OC(=O)Cc1ccc(F)c(F)c1F. The predicted octanol–water partition coefficient (Wildman–Crippen LogP) is 2.52. The van der Waals surface area contributed by atoms with Crippen molar-refractivity contribution in [2.45, 2.75) is 26.2 Å². The summed E-state index contributed by atoms with van der Waals surface area (Å²) in [6.07, 6.45) is -0.0594. The highest BCUT2D eigenvalue weighted by molar-refractivity contribution is 5.86. The summed E-state index contributed by atoms with van der Waals surface area (Å²) in [6.45, 7) is 1.72. The van der Waals surface area contributed by atoms with Gasteiger partial charge < -0.3 is 4.74 Å². The number of esters is 2. The molecular weight excluding hydrogens is 249 g/mol. The van der Waals surface area contributed by atoms with Gasteiger partial charge in [0.1, 0.15) is 0 Å². The van der Waals surface area contributed by atoms with Crippen molar-refractivity contribution < 1.29 is 27.5 Å². The monoisotopic (exact) mass is 260 g/mol. The van der Waals surface area contributed by atoms with Gasteiger partial charge in [-0.2, -0.15) is 0 Å². The molecule has 0 aliphatic rings. The molecule has 0 saturated heterocycles. The number of carbonyl (C=O) groups excluding carboxylic acids is 2. The highest BCUT2D eigenvalue weighted by atomic mass is 19.2. The molecule has 0 bridgehead atoms. The molecule has 6 heteroatoms. The number of rotatable bonds is 4. The van der Waals surface area contributed by atoms with Crippen LogP contribution in [0, 0.1) is 17.5 Å².